The molecule has 8 nitrogen and oxygen atoms in total. The standard InChI is InChI=1S/C21H24N4O4S/c1-5-15-6-8-16(9-7-15)14(2)22-19(26)21-24-23-20(29-21)17-10-12-18(13-11-17)30(27,28)25(3)4/h6-14H,5H2,1-4H3,(H,22,26). The largest absolute Gasteiger partial charge is 0.412 e. The molecule has 158 valence electrons. The van der Waals surface area contributed by atoms with Crippen LogP contribution in [0.25, 0.3) is 11.5 Å². The minimum atomic E-state index is -3.53. The number of benzene rings is 2. The molecule has 0 aliphatic rings. The van der Waals surface area contributed by atoms with E-state index in [1.54, 1.807) is 12.1 Å². The third kappa shape index (κ3) is 4.58. The van der Waals surface area contributed by atoms with E-state index in [1.807, 2.05) is 31.2 Å². The molecule has 3 aromatic rings. The molecule has 0 bridgehead atoms. The van der Waals surface area contributed by atoms with E-state index >= 15 is 0 Å². The summed E-state index contributed by atoms with van der Waals surface area (Å²) in [7, 11) is -0.599. The van der Waals surface area contributed by atoms with E-state index in [0.717, 1.165) is 16.3 Å². The molecular formula is C21H24N4O4S. The van der Waals surface area contributed by atoms with Crippen molar-refractivity contribution in [2.45, 2.75) is 31.2 Å². The number of aryl methyl sites for hydroxylation is 1. The molecule has 1 unspecified atom stereocenters. The lowest BCUT2D eigenvalue weighted by Crippen LogP contribution is -2.26. The Morgan fingerprint density at radius 2 is 1.70 bits per heavy atom. The summed E-state index contributed by atoms with van der Waals surface area (Å²) in [6.45, 7) is 3.96. The van der Waals surface area contributed by atoms with Crippen LogP contribution in [0.2, 0.25) is 0 Å². The summed E-state index contributed by atoms with van der Waals surface area (Å²) >= 11 is 0. The van der Waals surface area contributed by atoms with E-state index in [1.165, 1.54) is 31.8 Å². The van der Waals surface area contributed by atoms with Gasteiger partial charge in [-0.3, -0.25) is 4.79 Å². The average molecular weight is 429 g/mol. The minimum absolute atomic E-state index is 0.133. The molecule has 1 aromatic heterocycles. The maximum Gasteiger partial charge on any atom is 0.309 e. The van der Waals surface area contributed by atoms with Crippen LogP contribution in [-0.2, 0) is 16.4 Å². The third-order valence-electron chi connectivity index (χ3n) is 4.73. The molecule has 0 aliphatic heterocycles. The number of rotatable bonds is 7. The van der Waals surface area contributed by atoms with Crippen LogP contribution in [0.1, 0.15) is 41.7 Å². The molecule has 1 atom stereocenters. The second-order valence-electron chi connectivity index (χ2n) is 7.01. The molecule has 2 aromatic carbocycles. The van der Waals surface area contributed by atoms with Crippen LogP contribution >= 0.6 is 0 Å². The Kier molecular flexibility index (Phi) is 6.33. The van der Waals surface area contributed by atoms with Crippen molar-refractivity contribution >= 4 is 15.9 Å². The van der Waals surface area contributed by atoms with Gasteiger partial charge in [-0.2, -0.15) is 0 Å². The zero-order valence-electron chi connectivity index (χ0n) is 17.3. The van der Waals surface area contributed by atoms with Crippen LogP contribution in [0.15, 0.2) is 57.8 Å². The van der Waals surface area contributed by atoms with Gasteiger partial charge in [-0.05, 0) is 48.7 Å². The summed E-state index contributed by atoms with van der Waals surface area (Å²) in [6.07, 6.45) is 0.952. The van der Waals surface area contributed by atoms with Crippen molar-refractivity contribution in [1.29, 1.82) is 0 Å². The Bertz CT molecular complexity index is 1120. The van der Waals surface area contributed by atoms with E-state index < -0.39 is 15.9 Å². The smallest absolute Gasteiger partial charge is 0.309 e. The van der Waals surface area contributed by atoms with Crippen molar-refractivity contribution in [3.05, 3.63) is 65.5 Å². The van der Waals surface area contributed by atoms with Crippen LogP contribution < -0.4 is 5.32 Å². The minimum Gasteiger partial charge on any atom is -0.412 e. The first-order valence-electron chi connectivity index (χ1n) is 9.48. The monoisotopic (exact) mass is 428 g/mol. The topological polar surface area (TPSA) is 105 Å². The van der Waals surface area contributed by atoms with Gasteiger partial charge in [-0.15, -0.1) is 10.2 Å². The molecule has 0 aliphatic carbocycles. The molecule has 0 radical (unpaired) electrons. The van der Waals surface area contributed by atoms with Crippen molar-refractivity contribution in [2.75, 3.05) is 14.1 Å². The number of nitrogens with one attached hydrogen (secondary N) is 1. The molecule has 9 heteroatoms. The molecule has 0 fully saturated rings. The van der Waals surface area contributed by atoms with E-state index in [4.69, 9.17) is 4.42 Å². The number of carbonyl (C=O) groups excluding carboxylic acids is 1. The Morgan fingerprint density at radius 3 is 2.27 bits per heavy atom. The van der Waals surface area contributed by atoms with Gasteiger partial charge in [0, 0.05) is 19.7 Å². The third-order valence-corrected chi connectivity index (χ3v) is 6.56. The van der Waals surface area contributed by atoms with Gasteiger partial charge in [0.15, 0.2) is 0 Å². The lowest BCUT2D eigenvalue weighted by atomic mass is 10.1. The number of sulfonamides is 1. The Hall–Kier alpha value is -3.04. The first kappa shape index (κ1) is 21.7. The highest BCUT2D eigenvalue weighted by Crippen LogP contribution is 2.22. The highest BCUT2D eigenvalue weighted by atomic mass is 32.2. The second-order valence-corrected chi connectivity index (χ2v) is 9.17. The first-order chi connectivity index (χ1) is 14.2. The Balaban J connectivity index is 1.71. The molecule has 0 saturated carbocycles. The van der Waals surface area contributed by atoms with Gasteiger partial charge < -0.3 is 9.73 Å². The molecular weight excluding hydrogens is 404 g/mol. The SMILES string of the molecule is CCc1ccc(C(C)NC(=O)c2nnc(-c3ccc(S(=O)(=O)N(C)C)cc3)o2)cc1. The Morgan fingerprint density at radius 1 is 1.07 bits per heavy atom. The highest BCUT2D eigenvalue weighted by Gasteiger charge is 2.20. The fourth-order valence-electron chi connectivity index (χ4n) is 2.80. The van der Waals surface area contributed by atoms with Crippen LogP contribution in [-0.4, -0.2) is 42.9 Å². The van der Waals surface area contributed by atoms with Gasteiger partial charge in [0.25, 0.3) is 0 Å². The lowest BCUT2D eigenvalue weighted by Gasteiger charge is -2.13. The molecule has 1 heterocycles. The van der Waals surface area contributed by atoms with E-state index in [2.05, 4.69) is 22.4 Å². The summed E-state index contributed by atoms with van der Waals surface area (Å²) in [5.41, 5.74) is 2.71. The van der Waals surface area contributed by atoms with Crippen LogP contribution in [0.4, 0.5) is 0 Å². The van der Waals surface area contributed by atoms with Crippen molar-refractivity contribution < 1.29 is 17.6 Å². The van der Waals surface area contributed by atoms with Crippen LogP contribution in [0.5, 0.6) is 0 Å². The quantitative estimate of drug-likeness (QED) is 0.620. The summed E-state index contributed by atoms with van der Waals surface area (Å²) < 4.78 is 30.9. The van der Waals surface area contributed by atoms with Gasteiger partial charge in [0.05, 0.1) is 10.9 Å². The van der Waals surface area contributed by atoms with Gasteiger partial charge in [-0.25, -0.2) is 12.7 Å². The number of aromatic nitrogens is 2. The fraction of sp³-hybridized carbons (Fsp3) is 0.286. The number of amides is 1. The van der Waals surface area contributed by atoms with Crippen LogP contribution in [0.3, 0.4) is 0 Å². The summed E-state index contributed by atoms with van der Waals surface area (Å²) in [5.74, 6) is -0.506. The lowest BCUT2D eigenvalue weighted by molar-refractivity contribution is 0.0905. The Labute approximate surface area is 176 Å². The molecule has 3 rings (SSSR count). The number of nitrogens with zero attached hydrogens (tertiary/aromatic N) is 3. The highest BCUT2D eigenvalue weighted by molar-refractivity contribution is 7.89. The van der Waals surface area contributed by atoms with Gasteiger partial charge >= 0.3 is 11.8 Å². The van der Waals surface area contributed by atoms with Crippen LogP contribution in [0, 0.1) is 0 Å². The van der Waals surface area contributed by atoms with Crippen molar-refractivity contribution in [1.82, 2.24) is 19.8 Å². The van der Waals surface area contributed by atoms with E-state index in [-0.39, 0.29) is 22.7 Å². The van der Waals surface area contributed by atoms with Gasteiger partial charge in [0.1, 0.15) is 0 Å². The fourth-order valence-corrected chi connectivity index (χ4v) is 3.70. The predicted molar refractivity (Wildman–Crippen MR) is 112 cm³/mol. The molecule has 1 amide bonds. The maximum absolute atomic E-state index is 12.5. The second kappa shape index (κ2) is 8.76. The number of hydrogen-bond acceptors (Lipinski definition) is 6. The molecule has 30 heavy (non-hydrogen) atoms. The summed E-state index contributed by atoms with van der Waals surface area (Å²) in [4.78, 5) is 12.6. The normalized spacial score (nSPS) is 12.7. The van der Waals surface area contributed by atoms with Crippen molar-refractivity contribution in [3.63, 3.8) is 0 Å². The maximum atomic E-state index is 12.5. The first-order valence-corrected chi connectivity index (χ1v) is 10.9. The number of hydrogen-bond donors (Lipinski definition) is 1. The summed E-state index contributed by atoms with van der Waals surface area (Å²) in [5, 5.41) is 10.5. The summed E-state index contributed by atoms with van der Waals surface area (Å²) in [6, 6.07) is 13.8. The van der Waals surface area contributed by atoms with E-state index in [9.17, 15) is 13.2 Å². The zero-order valence-corrected chi connectivity index (χ0v) is 18.1. The molecule has 0 saturated heterocycles. The van der Waals surface area contributed by atoms with Crippen molar-refractivity contribution in [3.8, 4) is 11.5 Å². The van der Waals surface area contributed by atoms with Crippen molar-refractivity contribution in [2.24, 2.45) is 0 Å². The van der Waals surface area contributed by atoms with Gasteiger partial charge in [-0.1, -0.05) is 31.2 Å². The molecule has 0 spiro atoms. The number of carbonyl (C=O) groups is 1. The zero-order chi connectivity index (χ0) is 21.9. The predicted octanol–water partition coefficient (Wildman–Crippen LogP) is 3.04. The van der Waals surface area contributed by atoms with E-state index in [0.29, 0.717) is 5.56 Å². The molecule has 1 N–H and O–H groups in total. The van der Waals surface area contributed by atoms with Gasteiger partial charge in [0.2, 0.25) is 15.9 Å². The average Bonchev–Trinajstić information content (AvgIpc) is 3.24.